The Morgan fingerprint density at radius 2 is 1.90 bits per heavy atom. The standard InChI is InChI=1S/C21H21FN6O2/c1-26-19(10-17(25-26)14-2-4-16(22)5-3-14)20(29)28-12-15-11-23-21(24-18(15)13-28)27-6-8-30-9-7-27/h2-5,10-11H,6-9,12-13H2,1H3. The average Bonchev–Trinajstić information content (AvgIpc) is 3.37. The highest BCUT2D eigenvalue weighted by molar-refractivity contribution is 5.94. The molecule has 1 fully saturated rings. The van der Waals surface area contributed by atoms with Crippen molar-refractivity contribution in [2.75, 3.05) is 31.2 Å². The normalized spacial score (nSPS) is 16.1. The molecule has 0 N–H and O–H groups in total. The number of halogens is 1. The van der Waals surface area contributed by atoms with E-state index in [0.717, 1.165) is 29.9 Å². The molecule has 2 aromatic heterocycles. The molecule has 1 aromatic carbocycles. The number of nitrogens with zero attached hydrogens (tertiary/aromatic N) is 6. The van der Waals surface area contributed by atoms with Crippen LogP contribution in [0.2, 0.25) is 0 Å². The highest BCUT2D eigenvalue weighted by atomic mass is 19.1. The topological polar surface area (TPSA) is 76.4 Å². The summed E-state index contributed by atoms with van der Waals surface area (Å²) in [4.78, 5) is 26.2. The van der Waals surface area contributed by atoms with E-state index in [1.807, 2.05) is 6.20 Å². The Kier molecular flexibility index (Phi) is 4.66. The highest BCUT2D eigenvalue weighted by Gasteiger charge is 2.29. The van der Waals surface area contributed by atoms with Gasteiger partial charge in [0.2, 0.25) is 5.95 Å². The van der Waals surface area contributed by atoms with Gasteiger partial charge in [0.25, 0.3) is 5.91 Å². The molecule has 0 spiro atoms. The van der Waals surface area contributed by atoms with Crippen molar-refractivity contribution in [1.82, 2.24) is 24.6 Å². The molecular weight excluding hydrogens is 387 g/mol. The summed E-state index contributed by atoms with van der Waals surface area (Å²) in [6.45, 7) is 3.77. The lowest BCUT2D eigenvalue weighted by molar-refractivity contribution is 0.0739. The van der Waals surface area contributed by atoms with E-state index in [0.29, 0.717) is 43.6 Å². The van der Waals surface area contributed by atoms with Crippen molar-refractivity contribution in [3.63, 3.8) is 0 Å². The number of carbonyl (C=O) groups excluding carboxylic acids is 1. The minimum atomic E-state index is -0.307. The zero-order valence-corrected chi connectivity index (χ0v) is 16.6. The third kappa shape index (κ3) is 3.41. The Hall–Kier alpha value is -3.33. The molecule has 0 unspecified atom stereocenters. The molecule has 1 amide bonds. The molecular formula is C21H21FN6O2. The molecule has 9 heteroatoms. The Bertz CT molecular complexity index is 1090. The van der Waals surface area contributed by atoms with Crippen molar-refractivity contribution < 1.29 is 13.9 Å². The summed E-state index contributed by atoms with van der Waals surface area (Å²) in [5.41, 5.74) is 3.70. The summed E-state index contributed by atoms with van der Waals surface area (Å²) >= 11 is 0. The molecule has 0 saturated carbocycles. The predicted molar refractivity (Wildman–Crippen MR) is 107 cm³/mol. The second-order valence-corrected chi connectivity index (χ2v) is 7.45. The van der Waals surface area contributed by atoms with E-state index in [4.69, 9.17) is 9.72 Å². The van der Waals surface area contributed by atoms with Gasteiger partial charge < -0.3 is 14.5 Å². The fraction of sp³-hybridized carbons (Fsp3) is 0.333. The molecule has 0 radical (unpaired) electrons. The number of hydrogen-bond donors (Lipinski definition) is 0. The number of rotatable bonds is 3. The second-order valence-electron chi connectivity index (χ2n) is 7.45. The molecule has 3 aromatic rings. The number of aromatic nitrogens is 4. The van der Waals surface area contributed by atoms with E-state index >= 15 is 0 Å². The average molecular weight is 408 g/mol. The summed E-state index contributed by atoms with van der Waals surface area (Å²) < 4.78 is 20.1. The summed E-state index contributed by atoms with van der Waals surface area (Å²) in [5.74, 6) is 0.258. The zero-order chi connectivity index (χ0) is 20.7. The molecule has 0 atom stereocenters. The van der Waals surface area contributed by atoms with Crippen molar-refractivity contribution in [2.24, 2.45) is 7.05 Å². The monoisotopic (exact) mass is 408 g/mol. The highest BCUT2D eigenvalue weighted by Crippen LogP contribution is 2.26. The van der Waals surface area contributed by atoms with Crippen molar-refractivity contribution >= 4 is 11.9 Å². The van der Waals surface area contributed by atoms with Crippen LogP contribution in [0.15, 0.2) is 36.5 Å². The molecule has 30 heavy (non-hydrogen) atoms. The van der Waals surface area contributed by atoms with Crippen LogP contribution in [-0.4, -0.2) is 56.9 Å². The zero-order valence-electron chi connectivity index (χ0n) is 16.6. The van der Waals surface area contributed by atoms with Gasteiger partial charge in [0.05, 0.1) is 31.1 Å². The first-order valence-corrected chi connectivity index (χ1v) is 9.85. The smallest absolute Gasteiger partial charge is 0.272 e. The number of ether oxygens (including phenoxy) is 1. The maximum absolute atomic E-state index is 13.2. The van der Waals surface area contributed by atoms with E-state index in [2.05, 4.69) is 15.0 Å². The fourth-order valence-electron chi connectivity index (χ4n) is 3.79. The Balaban J connectivity index is 1.35. The van der Waals surface area contributed by atoms with Gasteiger partial charge in [0.1, 0.15) is 11.5 Å². The summed E-state index contributed by atoms with van der Waals surface area (Å²) in [6, 6.07) is 7.81. The van der Waals surface area contributed by atoms with Gasteiger partial charge in [0.15, 0.2) is 0 Å². The van der Waals surface area contributed by atoms with Crippen molar-refractivity contribution in [3.05, 3.63) is 59.3 Å². The third-order valence-corrected chi connectivity index (χ3v) is 5.46. The number of anilines is 1. The largest absolute Gasteiger partial charge is 0.378 e. The third-order valence-electron chi connectivity index (χ3n) is 5.46. The minimum Gasteiger partial charge on any atom is -0.378 e. The van der Waals surface area contributed by atoms with Crippen LogP contribution in [-0.2, 0) is 24.9 Å². The van der Waals surface area contributed by atoms with Crippen LogP contribution in [0.25, 0.3) is 11.3 Å². The summed E-state index contributed by atoms with van der Waals surface area (Å²) in [6.07, 6.45) is 1.81. The van der Waals surface area contributed by atoms with E-state index in [1.54, 1.807) is 34.8 Å². The first-order chi connectivity index (χ1) is 14.6. The van der Waals surface area contributed by atoms with Gasteiger partial charge in [-0.3, -0.25) is 9.48 Å². The van der Waals surface area contributed by atoms with Crippen LogP contribution in [0.3, 0.4) is 0 Å². The number of morpholine rings is 1. The molecule has 0 aliphatic carbocycles. The Morgan fingerprint density at radius 3 is 2.67 bits per heavy atom. The van der Waals surface area contributed by atoms with Crippen LogP contribution in [0.5, 0.6) is 0 Å². The van der Waals surface area contributed by atoms with Gasteiger partial charge in [-0.2, -0.15) is 5.10 Å². The molecule has 1 saturated heterocycles. The first kappa shape index (κ1) is 18.7. The molecule has 0 bridgehead atoms. The SMILES string of the molecule is Cn1nc(-c2ccc(F)cc2)cc1C(=O)N1Cc2cnc(N3CCOCC3)nc2C1. The molecule has 2 aliphatic heterocycles. The minimum absolute atomic E-state index is 0.121. The lowest BCUT2D eigenvalue weighted by Gasteiger charge is -2.26. The molecule has 5 rings (SSSR count). The first-order valence-electron chi connectivity index (χ1n) is 9.85. The van der Waals surface area contributed by atoms with E-state index in [-0.39, 0.29) is 11.7 Å². The Labute approximate surface area is 172 Å². The van der Waals surface area contributed by atoms with Crippen LogP contribution in [0, 0.1) is 5.82 Å². The molecule has 8 nitrogen and oxygen atoms in total. The van der Waals surface area contributed by atoms with Crippen LogP contribution >= 0.6 is 0 Å². The summed E-state index contributed by atoms with van der Waals surface area (Å²) in [5, 5.41) is 4.43. The number of hydrogen-bond acceptors (Lipinski definition) is 6. The van der Waals surface area contributed by atoms with Gasteiger partial charge in [-0.05, 0) is 30.3 Å². The number of fused-ring (bicyclic) bond motifs is 1. The quantitative estimate of drug-likeness (QED) is 0.660. The van der Waals surface area contributed by atoms with Crippen LogP contribution in [0.1, 0.15) is 21.7 Å². The lowest BCUT2D eigenvalue weighted by atomic mass is 10.1. The van der Waals surface area contributed by atoms with Crippen molar-refractivity contribution in [2.45, 2.75) is 13.1 Å². The second kappa shape index (κ2) is 7.49. The van der Waals surface area contributed by atoms with Crippen molar-refractivity contribution in [3.8, 4) is 11.3 Å². The van der Waals surface area contributed by atoms with E-state index < -0.39 is 0 Å². The lowest BCUT2D eigenvalue weighted by Crippen LogP contribution is -2.37. The Morgan fingerprint density at radius 1 is 1.13 bits per heavy atom. The number of aryl methyl sites for hydroxylation is 1. The van der Waals surface area contributed by atoms with Crippen LogP contribution in [0.4, 0.5) is 10.3 Å². The number of amides is 1. The number of benzene rings is 1. The number of carbonyl (C=O) groups is 1. The van der Waals surface area contributed by atoms with Gasteiger partial charge in [-0.25, -0.2) is 14.4 Å². The van der Waals surface area contributed by atoms with Gasteiger partial charge in [-0.15, -0.1) is 0 Å². The van der Waals surface area contributed by atoms with Gasteiger partial charge in [-0.1, -0.05) is 0 Å². The van der Waals surface area contributed by atoms with Crippen molar-refractivity contribution in [1.29, 1.82) is 0 Å². The molecule has 4 heterocycles. The maximum atomic E-state index is 13.2. The van der Waals surface area contributed by atoms with Gasteiger partial charge in [0, 0.05) is 44.0 Å². The maximum Gasteiger partial charge on any atom is 0.272 e. The van der Waals surface area contributed by atoms with E-state index in [1.165, 1.54) is 12.1 Å². The molecule has 2 aliphatic rings. The van der Waals surface area contributed by atoms with E-state index in [9.17, 15) is 9.18 Å². The van der Waals surface area contributed by atoms with Gasteiger partial charge >= 0.3 is 0 Å². The fourth-order valence-corrected chi connectivity index (χ4v) is 3.79. The summed E-state index contributed by atoms with van der Waals surface area (Å²) in [7, 11) is 1.74. The predicted octanol–water partition coefficient (Wildman–Crippen LogP) is 2.01. The van der Waals surface area contributed by atoms with Crippen LogP contribution < -0.4 is 4.90 Å². The molecule has 154 valence electrons.